The number of methoxy groups -OCH3 is 2. The van der Waals surface area contributed by atoms with Crippen molar-refractivity contribution >= 4 is 12.1 Å². The molecular weight excluding hydrogens is 745 g/mol. The Morgan fingerprint density at radius 2 is 1.15 bits per heavy atom. The molecule has 0 N–H and O–H groups in total. The zero-order valence-corrected chi connectivity index (χ0v) is 41.1. The third kappa shape index (κ3) is 25.8. The Labute approximate surface area is 367 Å². The van der Waals surface area contributed by atoms with Crippen LogP contribution in [-0.2, 0) is 4.79 Å². The second kappa shape index (κ2) is 33.2. The maximum Gasteiger partial charge on any atom is 0.161 e. The predicted molar refractivity (Wildman–Crippen MR) is 260 cm³/mol. The van der Waals surface area contributed by atoms with Crippen molar-refractivity contribution < 1.29 is 28.5 Å². The first-order chi connectivity index (χ1) is 28.2. The zero-order valence-electron chi connectivity index (χ0n) is 41.1. The number of aldehydes is 1. The first-order valence-corrected chi connectivity index (χ1v) is 21.7. The topological polar surface area (TPSA) is 71.1 Å². The fourth-order valence-electron chi connectivity index (χ4n) is 6.09. The van der Waals surface area contributed by atoms with Crippen LogP contribution in [0.1, 0.15) is 149 Å². The fraction of sp³-hybridized carbons (Fsp3) is 0.519. The van der Waals surface area contributed by atoms with E-state index in [9.17, 15) is 9.59 Å². The van der Waals surface area contributed by atoms with Crippen LogP contribution < -0.4 is 18.9 Å². The molecule has 0 aromatic heterocycles. The van der Waals surface area contributed by atoms with Crippen molar-refractivity contribution in [2.24, 2.45) is 23.7 Å². The van der Waals surface area contributed by atoms with Crippen LogP contribution in [0.4, 0.5) is 0 Å². The van der Waals surface area contributed by atoms with E-state index >= 15 is 0 Å². The highest BCUT2D eigenvalue weighted by atomic mass is 16.5. The molecule has 0 aliphatic heterocycles. The minimum atomic E-state index is 0.00793. The number of ketones is 1. The van der Waals surface area contributed by atoms with Gasteiger partial charge in [-0.05, 0) is 133 Å². The van der Waals surface area contributed by atoms with Crippen molar-refractivity contribution in [2.75, 3.05) is 27.4 Å². The molecule has 2 rings (SSSR count). The third-order valence-corrected chi connectivity index (χ3v) is 8.96. The second-order valence-electron chi connectivity index (χ2n) is 16.5. The minimum Gasteiger partial charge on any atom is -0.493 e. The molecule has 0 bridgehead atoms. The summed E-state index contributed by atoms with van der Waals surface area (Å²) in [5, 5.41) is 0. The van der Waals surface area contributed by atoms with Crippen LogP contribution in [0.15, 0.2) is 96.2 Å². The number of carbonyl (C=O) groups is 2. The van der Waals surface area contributed by atoms with E-state index in [4.69, 9.17) is 18.9 Å². The molecule has 0 saturated heterocycles. The summed E-state index contributed by atoms with van der Waals surface area (Å²) in [5.41, 5.74) is 8.22. The largest absolute Gasteiger partial charge is 0.493 e. The molecular formula is C54H84O6. The van der Waals surface area contributed by atoms with Gasteiger partial charge < -0.3 is 23.7 Å². The van der Waals surface area contributed by atoms with E-state index in [1.165, 1.54) is 27.8 Å². The maximum atomic E-state index is 11.7. The number of allylic oxidation sites excluding steroid dienone is 11. The van der Waals surface area contributed by atoms with E-state index in [2.05, 4.69) is 131 Å². The van der Waals surface area contributed by atoms with Gasteiger partial charge in [-0.25, -0.2) is 0 Å². The molecule has 2 atom stereocenters. The second-order valence-corrected chi connectivity index (χ2v) is 16.5. The monoisotopic (exact) mass is 829 g/mol. The lowest BCUT2D eigenvalue weighted by molar-refractivity contribution is -0.110. The average Bonchev–Trinajstić information content (AvgIpc) is 3.17. The van der Waals surface area contributed by atoms with E-state index in [0.717, 1.165) is 36.2 Å². The summed E-state index contributed by atoms with van der Waals surface area (Å²) in [7, 11) is 3.22. The van der Waals surface area contributed by atoms with Crippen molar-refractivity contribution in [1.82, 2.24) is 0 Å². The highest BCUT2D eigenvalue weighted by Gasteiger charge is 2.14. The standard InChI is InChI=1S/C24H32O5.C15H26.C11H18.C4H8O/c1-15(2)19-13-24(21(26-6)11-16(19)3)29-10-8-9-28-23-12-17(4)20(18(5)25)14-22(23)27-7;1-7-8-15(10-13(4)5)11-14(6)9-12(2)3;1-5-8-11(7-3)9-10(4)6-2;1-4(2)3-5/h11-15H,8-10H2,1-7H3;7-10,13-14H,11H2,1-6H3;5-8,10H,2,9H2,1,3-4H3;3-4H,1-2H3/b;8-7+,15-10-;8-5+,11-7-;. The molecule has 6 heteroatoms. The number of Topliss-reactive ketones (excluding diaryl/α,β-unsaturated/α-hetero) is 1. The number of aryl methyl sites for hydroxylation is 2. The molecule has 6 nitrogen and oxygen atoms in total. The van der Waals surface area contributed by atoms with Crippen LogP contribution in [0.5, 0.6) is 23.0 Å². The van der Waals surface area contributed by atoms with E-state index < -0.39 is 0 Å². The zero-order chi connectivity index (χ0) is 46.4. The lowest BCUT2D eigenvalue weighted by atomic mass is 9.96. The Bertz CT molecular complexity index is 1690. The third-order valence-electron chi connectivity index (χ3n) is 8.96. The Morgan fingerprint density at radius 1 is 0.667 bits per heavy atom. The molecule has 2 aromatic rings. The van der Waals surface area contributed by atoms with Gasteiger partial charge >= 0.3 is 0 Å². The summed E-state index contributed by atoms with van der Waals surface area (Å²) in [6, 6.07) is 7.65. The van der Waals surface area contributed by atoms with Crippen molar-refractivity contribution in [2.45, 2.75) is 136 Å². The van der Waals surface area contributed by atoms with Crippen molar-refractivity contribution in [3.8, 4) is 23.0 Å². The van der Waals surface area contributed by atoms with Crippen LogP contribution in [-0.4, -0.2) is 39.5 Å². The van der Waals surface area contributed by atoms with Crippen molar-refractivity contribution in [3.63, 3.8) is 0 Å². The molecule has 0 radical (unpaired) electrons. The minimum absolute atomic E-state index is 0.00793. The maximum absolute atomic E-state index is 11.7. The summed E-state index contributed by atoms with van der Waals surface area (Å²) in [4.78, 5) is 21.2. The Kier molecular flexibility index (Phi) is 31.8. The smallest absolute Gasteiger partial charge is 0.161 e. The number of ether oxygens (including phenoxy) is 4. The highest BCUT2D eigenvalue weighted by Crippen LogP contribution is 2.34. The van der Waals surface area contributed by atoms with Crippen LogP contribution in [0.25, 0.3) is 0 Å². The summed E-state index contributed by atoms with van der Waals surface area (Å²) < 4.78 is 22.7. The molecule has 0 spiro atoms. The molecule has 0 saturated carbocycles. The number of hydrogen-bond acceptors (Lipinski definition) is 6. The van der Waals surface area contributed by atoms with Crippen LogP contribution in [0, 0.1) is 37.5 Å². The highest BCUT2D eigenvalue weighted by molar-refractivity contribution is 5.96. The molecule has 0 heterocycles. The van der Waals surface area contributed by atoms with Gasteiger partial charge in [-0.1, -0.05) is 121 Å². The van der Waals surface area contributed by atoms with Gasteiger partial charge in [0, 0.05) is 17.9 Å². The Balaban J connectivity index is 0. The summed E-state index contributed by atoms with van der Waals surface area (Å²) in [5.74, 6) is 5.16. The molecule has 60 heavy (non-hydrogen) atoms. The number of benzene rings is 2. The summed E-state index contributed by atoms with van der Waals surface area (Å²) >= 11 is 0. The van der Waals surface area contributed by atoms with E-state index in [0.29, 0.717) is 60.4 Å². The number of carbonyl (C=O) groups excluding carboxylic acids is 2. The Morgan fingerprint density at radius 3 is 1.57 bits per heavy atom. The van der Waals surface area contributed by atoms with Crippen LogP contribution in [0.2, 0.25) is 0 Å². The lowest BCUT2D eigenvalue weighted by Gasteiger charge is -2.17. The summed E-state index contributed by atoms with van der Waals surface area (Å²) in [6.45, 7) is 37.8. The molecule has 2 aromatic carbocycles. The van der Waals surface area contributed by atoms with Gasteiger partial charge in [-0.2, -0.15) is 0 Å². The van der Waals surface area contributed by atoms with Gasteiger partial charge in [0.25, 0.3) is 0 Å². The van der Waals surface area contributed by atoms with E-state index in [1.807, 2.05) is 45.9 Å². The molecule has 0 aliphatic carbocycles. The molecule has 0 fully saturated rings. The number of hydrogen-bond donors (Lipinski definition) is 0. The SMILES string of the molecule is C/C=C/C(=C/C(C)C)CC(C)C=C(C)C.C=CC(C)CC(/C=C/C)=C\C.CC(C)C=O.COc1cc(C(C)=O)c(C)cc1OCCCOc1cc(C(C)C)c(C)cc1OC. The molecule has 2 unspecified atom stereocenters. The van der Waals surface area contributed by atoms with Gasteiger partial charge in [-0.15, -0.1) is 6.58 Å². The van der Waals surface area contributed by atoms with Gasteiger partial charge in [0.05, 0.1) is 27.4 Å². The first-order valence-electron chi connectivity index (χ1n) is 21.7. The van der Waals surface area contributed by atoms with Gasteiger partial charge in [0.1, 0.15) is 6.29 Å². The van der Waals surface area contributed by atoms with Crippen molar-refractivity contribution in [3.05, 3.63) is 118 Å². The van der Waals surface area contributed by atoms with E-state index in [1.54, 1.807) is 27.2 Å². The Hall–Kier alpha value is -4.58. The molecule has 0 amide bonds. The lowest BCUT2D eigenvalue weighted by Crippen LogP contribution is -2.08. The quantitative estimate of drug-likeness (QED) is 0.0435. The van der Waals surface area contributed by atoms with Gasteiger partial charge in [0.2, 0.25) is 0 Å². The van der Waals surface area contributed by atoms with Crippen LogP contribution >= 0.6 is 0 Å². The number of rotatable bonds is 20. The summed E-state index contributed by atoms with van der Waals surface area (Å²) in [6.07, 6.45) is 21.3. The van der Waals surface area contributed by atoms with E-state index in [-0.39, 0.29) is 11.7 Å². The van der Waals surface area contributed by atoms with Crippen molar-refractivity contribution in [1.29, 1.82) is 0 Å². The van der Waals surface area contributed by atoms with Gasteiger partial charge in [0.15, 0.2) is 28.8 Å². The normalized spacial score (nSPS) is 12.4. The predicted octanol–water partition coefficient (Wildman–Crippen LogP) is 15.2. The fourth-order valence-corrected chi connectivity index (χ4v) is 6.09. The molecule has 336 valence electrons. The average molecular weight is 829 g/mol. The van der Waals surface area contributed by atoms with Gasteiger partial charge in [-0.3, -0.25) is 4.79 Å². The van der Waals surface area contributed by atoms with Crippen LogP contribution in [0.3, 0.4) is 0 Å². The molecule has 0 aliphatic rings. The first kappa shape index (κ1) is 57.5.